The molecular formula is C18H18ClF2N3O. The molecule has 2 aliphatic carbocycles. The van der Waals surface area contributed by atoms with E-state index in [0.29, 0.717) is 10.8 Å². The lowest BCUT2D eigenvalue weighted by molar-refractivity contribution is -0.119. The lowest BCUT2D eigenvalue weighted by Gasteiger charge is -2.27. The summed E-state index contributed by atoms with van der Waals surface area (Å²) >= 11 is 5.97. The Kier molecular flexibility index (Phi) is 3.83. The zero-order chi connectivity index (χ0) is 17.8. The number of carbonyl (C=O) groups excluding carboxylic acids is 1. The van der Waals surface area contributed by atoms with Gasteiger partial charge in [-0.15, -0.1) is 0 Å². The van der Waals surface area contributed by atoms with Gasteiger partial charge in [0.2, 0.25) is 5.91 Å². The number of hydrogen-bond donors (Lipinski definition) is 1. The summed E-state index contributed by atoms with van der Waals surface area (Å²) in [6.45, 7) is 0. The van der Waals surface area contributed by atoms with Gasteiger partial charge in [0.15, 0.2) is 5.82 Å². The molecule has 1 amide bonds. The molecule has 7 heteroatoms. The van der Waals surface area contributed by atoms with Crippen LogP contribution in [0, 0.1) is 5.92 Å². The molecule has 1 aromatic carbocycles. The number of amides is 1. The first-order valence-corrected chi connectivity index (χ1v) is 8.76. The zero-order valence-electron chi connectivity index (χ0n) is 13.7. The van der Waals surface area contributed by atoms with Crippen molar-refractivity contribution < 1.29 is 13.6 Å². The second kappa shape index (κ2) is 5.80. The average molecular weight is 366 g/mol. The third kappa shape index (κ3) is 2.92. The maximum atomic E-state index is 13.2. The van der Waals surface area contributed by atoms with Gasteiger partial charge in [-0.3, -0.25) is 9.48 Å². The van der Waals surface area contributed by atoms with Crippen LogP contribution in [0.15, 0.2) is 24.3 Å². The highest BCUT2D eigenvalue weighted by Gasteiger charge is 2.61. The van der Waals surface area contributed by atoms with Gasteiger partial charge in [-0.05, 0) is 30.9 Å². The highest BCUT2D eigenvalue weighted by molar-refractivity contribution is 6.30. The molecular weight excluding hydrogens is 348 g/mol. The Morgan fingerprint density at radius 3 is 2.48 bits per heavy atom. The number of benzene rings is 1. The lowest BCUT2D eigenvalue weighted by atomic mass is 9.79. The summed E-state index contributed by atoms with van der Waals surface area (Å²) in [6, 6.07) is 7.42. The fraction of sp³-hybridized carbons (Fsp3) is 0.444. The molecule has 1 N–H and O–H groups in total. The number of aromatic nitrogens is 2. The minimum Gasteiger partial charge on any atom is -0.309 e. The Balaban J connectivity index is 1.71. The normalized spacial score (nSPS) is 21.7. The molecule has 4 rings (SSSR count). The first kappa shape index (κ1) is 16.5. The molecule has 2 aromatic rings. The van der Waals surface area contributed by atoms with Crippen LogP contribution in [0.1, 0.15) is 37.2 Å². The maximum Gasteiger partial charge on any atom is 0.260 e. The lowest BCUT2D eigenvalue weighted by Crippen LogP contribution is -2.20. The second-order valence-electron chi connectivity index (χ2n) is 6.88. The Morgan fingerprint density at radius 1 is 1.32 bits per heavy atom. The predicted molar refractivity (Wildman–Crippen MR) is 91.9 cm³/mol. The summed E-state index contributed by atoms with van der Waals surface area (Å²) in [6.07, 6.45) is 2.76. The highest BCUT2D eigenvalue weighted by atomic mass is 35.5. The van der Waals surface area contributed by atoms with E-state index in [1.54, 1.807) is 23.9 Å². The van der Waals surface area contributed by atoms with E-state index in [4.69, 9.17) is 11.6 Å². The second-order valence-corrected chi connectivity index (χ2v) is 7.31. The molecule has 2 aliphatic rings. The van der Waals surface area contributed by atoms with Crippen molar-refractivity contribution >= 4 is 23.3 Å². The molecule has 25 heavy (non-hydrogen) atoms. The first-order valence-electron chi connectivity index (χ1n) is 8.38. The number of halogens is 3. The van der Waals surface area contributed by atoms with Crippen LogP contribution >= 0.6 is 11.6 Å². The van der Waals surface area contributed by atoms with Crippen molar-refractivity contribution in [3.05, 3.63) is 34.9 Å². The van der Waals surface area contributed by atoms with E-state index in [1.807, 2.05) is 12.1 Å². The number of rotatable bonds is 4. The molecule has 1 aromatic heterocycles. The summed E-state index contributed by atoms with van der Waals surface area (Å²) in [5.74, 6) is -4.07. The van der Waals surface area contributed by atoms with Crippen LogP contribution in [-0.4, -0.2) is 21.6 Å². The first-order chi connectivity index (χ1) is 11.9. The van der Waals surface area contributed by atoms with Crippen LogP contribution in [0.3, 0.4) is 0 Å². The van der Waals surface area contributed by atoms with Gasteiger partial charge in [0, 0.05) is 29.6 Å². The monoisotopic (exact) mass is 365 g/mol. The van der Waals surface area contributed by atoms with E-state index < -0.39 is 17.7 Å². The van der Waals surface area contributed by atoms with Gasteiger partial charge in [-0.1, -0.05) is 30.2 Å². The quantitative estimate of drug-likeness (QED) is 0.860. The van der Waals surface area contributed by atoms with Crippen molar-refractivity contribution in [1.29, 1.82) is 0 Å². The Hall–Kier alpha value is -1.95. The van der Waals surface area contributed by atoms with Crippen LogP contribution in [0.25, 0.3) is 11.3 Å². The summed E-state index contributed by atoms with van der Waals surface area (Å²) < 4.78 is 28.1. The van der Waals surface area contributed by atoms with Crippen molar-refractivity contribution in [3.8, 4) is 11.3 Å². The molecule has 0 unspecified atom stereocenters. The van der Waals surface area contributed by atoms with Gasteiger partial charge in [0.25, 0.3) is 5.92 Å². The smallest absolute Gasteiger partial charge is 0.260 e. The summed E-state index contributed by atoms with van der Waals surface area (Å²) in [4.78, 5) is 12.1. The summed E-state index contributed by atoms with van der Waals surface area (Å²) in [5, 5.41) is 7.70. The van der Waals surface area contributed by atoms with Gasteiger partial charge in [0.05, 0.1) is 5.69 Å². The minimum absolute atomic E-state index is 0.286. The van der Waals surface area contributed by atoms with Crippen LogP contribution in [0.5, 0.6) is 0 Å². The van der Waals surface area contributed by atoms with E-state index >= 15 is 0 Å². The van der Waals surface area contributed by atoms with E-state index in [2.05, 4.69) is 10.4 Å². The number of alkyl halides is 2. The van der Waals surface area contributed by atoms with Crippen molar-refractivity contribution in [3.63, 3.8) is 0 Å². The van der Waals surface area contributed by atoms with Gasteiger partial charge < -0.3 is 5.32 Å². The van der Waals surface area contributed by atoms with Crippen LogP contribution in [-0.2, 0) is 11.8 Å². The largest absolute Gasteiger partial charge is 0.309 e. The third-order valence-electron chi connectivity index (χ3n) is 5.10. The SMILES string of the molecule is Cn1nc(NC(=O)[C@H]2CC2(F)F)c(C2CCC2)c1-c1ccc(Cl)cc1. The maximum absolute atomic E-state index is 13.2. The molecule has 0 bridgehead atoms. The van der Waals surface area contributed by atoms with Gasteiger partial charge in [-0.2, -0.15) is 5.10 Å². The number of nitrogens with zero attached hydrogens (tertiary/aromatic N) is 2. The average Bonchev–Trinajstić information content (AvgIpc) is 3.04. The van der Waals surface area contributed by atoms with E-state index in [1.165, 1.54) is 0 Å². The van der Waals surface area contributed by atoms with Gasteiger partial charge in [-0.25, -0.2) is 8.78 Å². The molecule has 0 radical (unpaired) electrons. The van der Waals surface area contributed by atoms with Crippen LogP contribution in [0.2, 0.25) is 5.02 Å². The van der Waals surface area contributed by atoms with Crippen molar-refractivity contribution in [1.82, 2.24) is 9.78 Å². The fourth-order valence-electron chi connectivity index (χ4n) is 3.37. The van der Waals surface area contributed by atoms with Crippen molar-refractivity contribution in [2.24, 2.45) is 13.0 Å². The molecule has 0 saturated heterocycles. The Bertz CT molecular complexity index is 828. The van der Waals surface area contributed by atoms with E-state index in [-0.39, 0.29) is 12.3 Å². The van der Waals surface area contributed by atoms with Crippen LogP contribution in [0.4, 0.5) is 14.6 Å². The number of nitrogens with one attached hydrogen (secondary N) is 1. The van der Waals surface area contributed by atoms with Gasteiger partial charge >= 0.3 is 0 Å². The highest BCUT2D eigenvalue weighted by Crippen LogP contribution is 2.50. The standard InChI is InChI=1S/C18H18ClF2N3O/c1-24-15(11-5-7-12(19)8-6-11)14(10-3-2-4-10)16(23-24)22-17(25)13-9-18(13,20)21/h5-8,10,13H,2-4,9H2,1H3,(H,22,23,25)/t13-/m1/s1. The molecule has 0 aliphatic heterocycles. The van der Waals surface area contributed by atoms with E-state index in [9.17, 15) is 13.6 Å². The number of carbonyl (C=O) groups is 1. The third-order valence-corrected chi connectivity index (χ3v) is 5.35. The molecule has 4 nitrogen and oxygen atoms in total. The fourth-order valence-corrected chi connectivity index (χ4v) is 3.49. The van der Waals surface area contributed by atoms with Gasteiger partial charge in [0.1, 0.15) is 5.92 Å². The van der Waals surface area contributed by atoms with Crippen LogP contribution < -0.4 is 5.32 Å². The molecule has 2 saturated carbocycles. The van der Waals surface area contributed by atoms with Crippen molar-refractivity contribution in [2.45, 2.75) is 37.5 Å². The molecule has 1 atom stereocenters. The summed E-state index contributed by atoms with van der Waals surface area (Å²) in [5.41, 5.74) is 2.78. The van der Waals surface area contributed by atoms with Crippen molar-refractivity contribution in [2.75, 3.05) is 5.32 Å². The molecule has 1 heterocycles. The topological polar surface area (TPSA) is 46.9 Å². The number of anilines is 1. The minimum atomic E-state index is -2.88. The predicted octanol–water partition coefficient (Wildman–Crippen LogP) is 4.60. The Labute approximate surface area is 149 Å². The number of hydrogen-bond acceptors (Lipinski definition) is 2. The zero-order valence-corrected chi connectivity index (χ0v) is 14.5. The molecule has 2 fully saturated rings. The number of aryl methyl sites for hydroxylation is 1. The molecule has 132 valence electrons. The van der Waals surface area contributed by atoms with E-state index in [0.717, 1.165) is 36.1 Å². The Morgan fingerprint density at radius 2 is 1.96 bits per heavy atom. The molecule has 0 spiro atoms. The summed E-state index contributed by atoms with van der Waals surface area (Å²) in [7, 11) is 1.80.